The number of likely N-dealkylation sites (N-methyl/N-ethyl adjacent to an activating group) is 1. The van der Waals surface area contributed by atoms with Crippen LogP contribution in [0, 0.1) is 0 Å². The number of carbonyl (C=O) groups excluding carboxylic acids is 1. The summed E-state index contributed by atoms with van der Waals surface area (Å²) in [5, 5.41) is 4.59. The minimum absolute atomic E-state index is 0.248. The maximum atomic E-state index is 12.9. The van der Waals surface area contributed by atoms with Gasteiger partial charge in [0.1, 0.15) is 5.00 Å². The van der Waals surface area contributed by atoms with Gasteiger partial charge in [-0.15, -0.1) is 11.3 Å². The number of carbonyl (C=O) groups is 1. The summed E-state index contributed by atoms with van der Waals surface area (Å²) >= 11 is 1.78. The predicted molar refractivity (Wildman–Crippen MR) is 88.3 cm³/mol. The molecule has 0 radical (unpaired) electrons. The standard InChI is InChI=1S/C16H25N3OS/c1-11(2)17-15-14(16(20)19-7-4-5-8-19)12-6-9-18(3)10-13(12)21-15/h11,17H,4-10H2,1-3H3. The molecule has 1 N–H and O–H groups in total. The average molecular weight is 307 g/mol. The molecule has 116 valence electrons. The van der Waals surface area contributed by atoms with Gasteiger partial charge in [0.05, 0.1) is 5.56 Å². The first-order valence-corrected chi connectivity index (χ1v) is 8.77. The molecule has 0 aliphatic carbocycles. The molecule has 4 nitrogen and oxygen atoms in total. The lowest BCUT2D eigenvalue weighted by Gasteiger charge is -2.23. The summed E-state index contributed by atoms with van der Waals surface area (Å²) in [6, 6.07) is 0.355. The van der Waals surface area contributed by atoms with Gasteiger partial charge in [-0.25, -0.2) is 0 Å². The van der Waals surface area contributed by atoms with E-state index in [0.29, 0.717) is 6.04 Å². The van der Waals surface area contributed by atoms with Gasteiger partial charge in [0.15, 0.2) is 0 Å². The minimum Gasteiger partial charge on any atom is -0.374 e. The Kier molecular flexibility index (Phi) is 4.22. The van der Waals surface area contributed by atoms with Crippen LogP contribution in [0.25, 0.3) is 0 Å². The van der Waals surface area contributed by atoms with Gasteiger partial charge in [-0.3, -0.25) is 4.79 Å². The van der Waals surface area contributed by atoms with E-state index in [2.05, 4.69) is 31.1 Å². The van der Waals surface area contributed by atoms with Crippen LogP contribution >= 0.6 is 11.3 Å². The van der Waals surface area contributed by atoms with Crippen LogP contribution in [-0.4, -0.2) is 48.4 Å². The van der Waals surface area contributed by atoms with Crippen molar-refractivity contribution >= 4 is 22.2 Å². The van der Waals surface area contributed by atoms with E-state index in [-0.39, 0.29) is 5.91 Å². The van der Waals surface area contributed by atoms with E-state index < -0.39 is 0 Å². The summed E-state index contributed by atoms with van der Waals surface area (Å²) < 4.78 is 0. The highest BCUT2D eigenvalue weighted by Crippen LogP contribution is 2.38. The van der Waals surface area contributed by atoms with Crippen molar-refractivity contribution < 1.29 is 4.79 Å². The molecule has 0 atom stereocenters. The van der Waals surface area contributed by atoms with Crippen molar-refractivity contribution in [2.24, 2.45) is 0 Å². The number of nitrogens with one attached hydrogen (secondary N) is 1. The molecule has 3 rings (SSSR count). The third kappa shape index (κ3) is 2.94. The van der Waals surface area contributed by atoms with Crippen LogP contribution in [0.15, 0.2) is 0 Å². The SMILES string of the molecule is CC(C)Nc1sc2c(c1C(=O)N1CCCC1)CCN(C)C2. The van der Waals surface area contributed by atoms with Crippen LogP contribution in [0.3, 0.4) is 0 Å². The number of hydrogen-bond donors (Lipinski definition) is 1. The minimum atomic E-state index is 0.248. The van der Waals surface area contributed by atoms with Crippen LogP contribution < -0.4 is 5.32 Å². The molecule has 2 aliphatic rings. The van der Waals surface area contributed by atoms with Crippen LogP contribution in [0.1, 0.15) is 47.5 Å². The second kappa shape index (κ2) is 5.97. The largest absolute Gasteiger partial charge is 0.374 e. The summed E-state index contributed by atoms with van der Waals surface area (Å²) in [5.74, 6) is 0.248. The number of likely N-dealkylation sites (tertiary alicyclic amines) is 1. The normalized spacial score (nSPS) is 19.1. The third-order valence-corrected chi connectivity index (χ3v) is 5.42. The van der Waals surface area contributed by atoms with Crippen molar-refractivity contribution in [3.8, 4) is 0 Å². The first kappa shape index (κ1) is 14.9. The maximum absolute atomic E-state index is 12.9. The average Bonchev–Trinajstić information content (AvgIpc) is 3.03. The fourth-order valence-electron chi connectivity index (χ4n) is 3.20. The van der Waals surface area contributed by atoms with Gasteiger partial charge in [0.2, 0.25) is 0 Å². The summed E-state index contributed by atoms with van der Waals surface area (Å²) in [6.07, 6.45) is 3.29. The van der Waals surface area contributed by atoms with Crippen LogP contribution in [-0.2, 0) is 13.0 Å². The molecule has 2 aliphatic heterocycles. The number of anilines is 1. The lowest BCUT2D eigenvalue weighted by molar-refractivity contribution is 0.0792. The predicted octanol–water partition coefficient (Wildman–Crippen LogP) is 2.79. The molecular formula is C16H25N3OS. The zero-order chi connectivity index (χ0) is 15.0. The molecule has 0 spiro atoms. The summed E-state index contributed by atoms with van der Waals surface area (Å²) in [4.78, 5) is 18.7. The quantitative estimate of drug-likeness (QED) is 0.933. The number of amides is 1. The van der Waals surface area contributed by atoms with Gasteiger partial charge in [0, 0.05) is 37.1 Å². The highest BCUT2D eigenvalue weighted by Gasteiger charge is 2.30. The molecule has 1 amide bonds. The molecule has 3 heterocycles. The van der Waals surface area contributed by atoms with Gasteiger partial charge >= 0.3 is 0 Å². The van der Waals surface area contributed by atoms with E-state index in [1.807, 2.05) is 4.90 Å². The van der Waals surface area contributed by atoms with E-state index in [9.17, 15) is 4.79 Å². The highest BCUT2D eigenvalue weighted by molar-refractivity contribution is 7.16. The maximum Gasteiger partial charge on any atom is 0.257 e. The molecule has 0 bridgehead atoms. The Bertz CT molecular complexity index is 532. The lowest BCUT2D eigenvalue weighted by atomic mass is 10.0. The van der Waals surface area contributed by atoms with Gasteiger partial charge in [-0.2, -0.15) is 0 Å². The van der Waals surface area contributed by atoms with Crippen molar-refractivity contribution in [1.82, 2.24) is 9.80 Å². The van der Waals surface area contributed by atoms with E-state index in [1.54, 1.807) is 11.3 Å². The van der Waals surface area contributed by atoms with Crippen LogP contribution in [0.5, 0.6) is 0 Å². The van der Waals surface area contributed by atoms with Gasteiger partial charge in [-0.05, 0) is 45.7 Å². The van der Waals surface area contributed by atoms with Crippen molar-refractivity contribution in [3.05, 3.63) is 16.0 Å². The molecule has 0 saturated carbocycles. The molecule has 0 aromatic carbocycles. The van der Waals surface area contributed by atoms with Crippen LogP contribution in [0.4, 0.5) is 5.00 Å². The van der Waals surface area contributed by atoms with E-state index in [1.165, 1.54) is 10.4 Å². The molecule has 1 saturated heterocycles. The lowest BCUT2D eigenvalue weighted by Crippen LogP contribution is -2.31. The smallest absolute Gasteiger partial charge is 0.257 e. The molecule has 1 aromatic rings. The zero-order valence-electron chi connectivity index (χ0n) is 13.2. The van der Waals surface area contributed by atoms with Crippen LogP contribution in [0.2, 0.25) is 0 Å². The molecule has 21 heavy (non-hydrogen) atoms. The van der Waals surface area contributed by atoms with Crippen molar-refractivity contribution in [2.45, 2.75) is 45.7 Å². The molecule has 5 heteroatoms. The second-order valence-electron chi connectivity index (χ2n) is 6.49. The highest BCUT2D eigenvalue weighted by atomic mass is 32.1. The Morgan fingerprint density at radius 3 is 2.62 bits per heavy atom. The number of rotatable bonds is 3. The van der Waals surface area contributed by atoms with E-state index in [0.717, 1.165) is 56.0 Å². The number of nitrogens with zero attached hydrogens (tertiary/aromatic N) is 2. The number of thiophene rings is 1. The van der Waals surface area contributed by atoms with Crippen molar-refractivity contribution in [3.63, 3.8) is 0 Å². The first-order valence-electron chi connectivity index (χ1n) is 7.95. The second-order valence-corrected chi connectivity index (χ2v) is 7.60. The summed E-state index contributed by atoms with van der Waals surface area (Å²) in [5.41, 5.74) is 2.27. The molecular weight excluding hydrogens is 282 g/mol. The number of hydrogen-bond acceptors (Lipinski definition) is 4. The molecule has 0 unspecified atom stereocenters. The van der Waals surface area contributed by atoms with Gasteiger partial charge in [-0.1, -0.05) is 0 Å². The fraction of sp³-hybridized carbons (Fsp3) is 0.688. The Hall–Kier alpha value is -1.07. The van der Waals surface area contributed by atoms with Gasteiger partial charge < -0.3 is 15.1 Å². The summed E-state index contributed by atoms with van der Waals surface area (Å²) in [6.45, 7) is 8.13. The summed E-state index contributed by atoms with van der Waals surface area (Å²) in [7, 11) is 2.15. The Balaban J connectivity index is 1.97. The van der Waals surface area contributed by atoms with Gasteiger partial charge in [0.25, 0.3) is 5.91 Å². The fourth-order valence-corrected chi connectivity index (χ4v) is 4.67. The molecule has 1 aromatic heterocycles. The zero-order valence-corrected chi connectivity index (χ0v) is 14.1. The Morgan fingerprint density at radius 1 is 1.24 bits per heavy atom. The van der Waals surface area contributed by atoms with E-state index in [4.69, 9.17) is 0 Å². The number of fused-ring (bicyclic) bond motifs is 1. The topological polar surface area (TPSA) is 35.6 Å². The first-order chi connectivity index (χ1) is 10.1. The molecule has 1 fully saturated rings. The van der Waals surface area contributed by atoms with E-state index >= 15 is 0 Å². The van der Waals surface area contributed by atoms with Crippen molar-refractivity contribution in [1.29, 1.82) is 0 Å². The van der Waals surface area contributed by atoms with Crippen molar-refractivity contribution in [2.75, 3.05) is 32.0 Å². The Labute approximate surface area is 131 Å². The third-order valence-electron chi connectivity index (χ3n) is 4.27. The Morgan fingerprint density at radius 2 is 1.95 bits per heavy atom. The monoisotopic (exact) mass is 307 g/mol.